The van der Waals surface area contributed by atoms with Crippen molar-refractivity contribution in [1.29, 1.82) is 0 Å². The lowest BCUT2D eigenvalue weighted by molar-refractivity contribution is 0.472. The number of nitrogens with two attached hydrogens (primary N) is 1. The zero-order valence-electron chi connectivity index (χ0n) is 21.8. The van der Waals surface area contributed by atoms with Gasteiger partial charge >= 0.3 is 0 Å². The fraction of sp³-hybridized carbons (Fsp3) is 0. The minimum atomic E-state index is -4.86. The van der Waals surface area contributed by atoms with Gasteiger partial charge in [-0.15, -0.1) is 5.11 Å². The molecular weight excluding hydrogens is 638 g/mol. The maximum atomic E-state index is 12.2. The molecule has 0 radical (unpaired) electrons. The molecule has 1 heterocycles. The van der Waals surface area contributed by atoms with E-state index in [0.29, 0.717) is 17.1 Å². The highest BCUT2D eigenvalue weighted by Gasteiger charge is 2.22. The summed E-state index contributed by atoms with van der Waals surface area (Å²) in [6.07, 6.45) is 0. The number of phenols is 1. The molecule has 0 aliphatic carbocycles. The van der Waals surface area contributed by atoms with E-state index >= 15 is 0 Å². The van der Waals surface area contributed by atoms with Gasteiger partial charge in [-0.05, 0) is 89.8 Å². The highest BCUT2D eigenvalue weighted by atomic mass is 35.5. The summed E-state index contributed by atoms with van der Waals surface area (Å²) in [5.41, 5.74) is 6.42. The van der Waals surface area contributed by atoms with Crippen LogP contribution in [0, 0.1) is 0 Å². The quantitative estimate of drug-likeness (QED) is 0.0947. The number of rotatable bonds is 8. The molecular formula is C25H18ClN9O7S2. The monoisotopic (exact) mass is 655 g/mol. The molecule has 0 aliphatic heterocycles. The average Bonchev–Trinajstić information content (AvgIpc) is 2.95. The summed E-state index contributed by atoms with van der Waals surface area (Å²) in [6.45, 7) is 0. The standard InChI is InChI=1S/C25H18ClN9O7S2/c26-23-29-24(27)31-25(30-23)28-17-7-10-19-13(11-17)12-20(44(40,41)42)21(22(19)36)35-34-15-3-1-14(2-4-15)32-33-16-5-8-18(9-6-16)43(37,38)39/h1-12,36H,(H,37,38,39)(H,40,41,42)(H3,27,28,29,30,31)/b33-32+,35-34+. The van der Waals surface area contributed by atoms with Crippen LogP contribution in [-0.4, -0.2) is 46.0 Å². The molecule has 16 nitrogen and oxygen atoms in total. The molecule has 0 saturated heterocycles. The van der Waals surface area contributed by atoms with Crippen LogP contribution >= 0.6 is 11.6 Å². The van der Waals surface area contributed by atoms with Crippen LogP contribution in [0.3, 0.4) is 0 Å². The number of hydrogen-bond acceptors (Lipinski definition) is 14. The molecule has 0 amide bonds. The fourth-order valence-electron chi connectivity index (χ4n) is 3.77. The molecule has 0 spiro atoms. The Bertz CT molecular complexity index is 2160. The molecule has 44 heavy (non-hydrogen) atoms. The smallest absolute Gasteiger partial charge is 0.296 e. The third kappa shape index (κ3) is 7.07. The number of aromatic hydroxyl groups is 1. The summed E-state index contributed by atoms with van der Waals surface area (Å²) in [7, 11) is -9.19. The predicted octanol–water partition coefficient (Wildman–Crippen LogP) is 6.03. The molecule has 5 aromatic rings. The van der Waals surface area contributed by atoms with E-state index in [9.17, 15) is 26.5 Å². The topological polar surface area (TPSA) is 255 Å². The second-order valence-electron chi connectivity index (χ2n) is 8.78. The van der Waals surface area contributed by atoms with E-state index in [4.69, 9.17) is 21.9 Å². The van der Waals surface area contributed by atoms with Crippen LogP contribution in [0.15, 0.2) is 103 Å². The third-order valence-corrected chi connectivity index (χ3v) is 7.65. The van der Waals surface area contributed by atoms with Crippen molar-refractivity contribution < 1.29 is 31.0 Å². The van der Waals surface area contributed by atoms with E-state index in [0.717, 1.165) is 6.07 Å². The van der Waals surface area contributed by atoms with Crippen LogP contribution in [0.4, 0.5) is 40.3 Å². The molecule has 224 valence electrons. The van der Waals surface area contributed by atoms with Gasteiger partial charge in [0.2, 0.25) is 17.2 Å². The lowest BCUT2D eigenvalue weighted by atomic mass is 10.1. The number of hydrogen-bond donors (Lipinski definition) is 5. The van der Waals surface area contributed by atoms with Crippen LogP contribution in [0.1, 0.15) is 0 Å². The number of halogens is 1. The number of benzene rings is 4. The largest absolute Gasteiger partial charge is 0.505 e. The Balaban J connectivity index is 1.40. The maximum Gasteiger partial charge on any atom is 0.296 e. The Labute approximate surface area is 253 Å². The molecule has 19 heteroatoms. The summed E-state index contributed by atoms with van der Waals surface area (Å²) < 4.78 is 65.7. The maximum absolute atomic E-state index is 12.2. The number of anilines is 3. The number of nitrogens with zero attached hydrogens (tertiary/aromatic N) is 7. The molecule has 6 N–H and O–H groups in total. The van der Waals surface area contributed by atoms with Crippen molar-refractivity contribution in [2.24, 2.45) is 20.5 Å². The zero-order chi connectivity index (χ0) is 31.6. The van der Waals surface area contributed by atoms with Gasteiger partial charge in [-0.1, -0.05) is 0 Å². The van der Waals surface area contributed by atoms with Crippen molar-refractivity contribution >= 4 is 82.9 Å². The highest BCUT2D eigenvalue weighted by Crippen LogP contribution is 2.42. The SMILES string of the molecule is Nc1nc(Cl)nc(Nc2ccc3c(O)c(/N=N/c4ccc(/N=N/c5ccc(S(=O)(=O)O)cc5)cc4)c(S(=O)(=O)O)cc3c2)n1. The van der Waals surface area contributed by atoms with Gasteiger partial charge in [0.05, 0.1) is 22.0 Å². The number of phenolic OH excluding ortho intramolecular Hbond substituents is 1. The summed E-state index contributed by atoms with van der Waals surface area (Å²) >= 11 is 5.80. The van der Waals surface area contributed by atoms with Crippen molar-refractivity contribution in [3.8, 4) is 5.75 Å². The Kier molecular flexibility index (Phi) is 8.17. The third-order valence-electron chi connectivity index (χ3n) is 5.74. The molecule has 0 saturated carbocycles. The lowest BCUT2D eigenvalue weighted by Crippen LogP contribution is -2.03. The molecule has 4 aromatic carbocycles. The minimum Gasteiger partial charge on any atom is -0.505 e. The molecule has 0 fully saturated rings. The summed E-state index contributed by atoms with van der Waals surface area (Å²) in [5, 5.41) is 29.9. The molecule has 5 rings (SSSR count). The van der Waals surface area contributed by atoms with Gasteiger partial charge in [-0.2, -0.15) is 47.1 Å². The number of aromatic nitrogens is 3. The molecule has 0 atom stereocenters. The second kappa shape index (κ2) is 11.9. The first-order valence-electron chi connectivity index (χ1n) is 12.0. The molecule has 0 unspecified atom stereocenters. The zero-order valence-corrected chi connectivity index (χ0v) is 24.2. The van der Waals surface area contributed by atoms with Crippen LogP contribution in [0.2, 0.25) is 5.28 Å². The van der Waals surface area contributed by atoms with Crippen molar-refractivity contribution in [1.82, 2.24) is 15.0 Å². The summed E-state index contributed by atoms with van der Waals surface area (Å²) in [4.78, 5) is 10.5. The van der Waals surface area contributed by atoms with Gasteiger partial charge in [0.25, 0.3) is 20.2 Å². The second-order valence-corrected chi connectivity index (χ2v) is 11.9. The Morgan fingerprint density at radius 1 is 0.727 bits per heavy atom. The van der Waals surface area contributed by atoms with Crippen molar-refractivity contribution in [3.63, 3.8) is 0 Å². The normalized spacial score (nSPS) is 12.3. The van der Waals surface area contributed by atoms with Gasteiger partial charge in [-0.3, -0.25) is 9.11 Å². The lowest BCUT2D eigenvalue weighted by Gasteiger charge is -2.11. The van der Waals surface area contributed by atoms with Gasteiger partial charge in [-0.25, -0.2) is 0 Å². The van der Waals surface area contributed by atoms with Crippen LogP contribution < -0.4 is 11.1 Å². The van der Waals surface area contributed by atoms with Gasteiger partial charge in [0, 0.05) is 11.1 Å². The molecule has 0 aliphatic rings. The predicted molar refractivity (Wildman–Crippen MR) is 159 cm³/mol. The fourth-order valence-corrected chi connectivity index (χ4v) is 5.07. The Hall–Kier alpha value is -5.14. The summed E-state index contributed by atoms with van der Waals surface area (Å²) in [5.74, 6) is -0.656. The average molecular weight is 656 g/mol. The number of nitrogens with one attached hydrogen (secondary N) is 1. The molecule has 1 aromatic heterocycles. The number of fused-ring (bicyclic) bond motifs is 1. The van der Waals surface area contributed by atoms with E-state index in [-0.39, 0.29) is 38.5 Å². The van der Waals surface area contributed by atoms with Gasteiger partial charge in [0.1, 0.15) is 10.6 Å². The van der Waals surface area contributed by atoms with E-state index < -0.39 is 36.6 Å². The number of azo groups is 2. The van der Waals surface area contributed by atoms with Crippen LogP contribution in [-0.2, 0) is 20.2 Å². The first-order chi connectivity index (χ1) is 20.8. The van der Waals surface area contributed by atoms with Crippen LogP contribution in [0.25, 0.3) is 10.8 Å². The minimum absolute atomic E-state index is 0.0216. The van der Waals surface area contributed by atoms with E-state index in [2.05, 4.69) is 40.7 Å². The van der Waals surface area contributed by atoms with Gasteiger partial charge < -0.3 is 16.2 Å². The van der Waals surface area contributed by atoms with Crippen molar-refractivity contribution in [3.05, 3.63) is 78.1 Å². The van der Waals surface area contributed by atoms with Crippen molar-refractivity contribution in [2.75, 3.05) is 11.1 Å². The highest BCUT2D eigenvalue weighted by molar-refractivity contribution is 7.86. The number of nitrogen functional groups attached to an aromatic ring is 1. The first kappa shape index (κ1) is 30.3. The van der Waals surface area contributed by atoms with Crippen molar-refractivity contribution in [2.45, 2.75) is 9.79 Å². The van der Waals surface area contributed by atoms with E-state index in [1.54, 1.807) is 6.07 Å². The van der Waals surface area contributed by atoms with E-state index in [1.165, 1.54) is 60.7 Å². The van der Waals surface area contributed by atoms with E-state index in [1.807, 2.05) is 0 Å². The summed E-state index contributed by atoms with van der Waals surface area (Å²) in [6, 6.07) is 16.7. The Morgan fingerprint density at radius 3 is 1.84 bits per heavy atom. The van der Waals surface area contributed by atoms with Gasteiger partial charge in [0.15, 0.2) is 5.75 Å². The van der Waals surface area contributed by atoms with Crippen LogP contribution in [0.5, 0.6) is 5.75 Å². The Morgan fingerprint density at radius 2 is 1.30 bits per heavy atom. The molecule has 0 bridgehead atoms. The first-order valence-corrected chi connectivity index (χ1v) is 15.2.